The number of rotatable bonds is 3. The summed E-state index contributed by atoms with van der Waals surface area (Å²) in [5.41, 5.74) is 5.12. The van der Waals surface area contributed by atoms with Gasteiger partial charge in [-0.3, -0.25) is 4.79 Å². The van der Waals surface area contributed by atoms with E-state index in [-0.39, 0.29) is 5.91 Å². The van der Waals surface area contributed by atoms with Crippen LogP contribution in [0.15, 0.2) is 24.3 Å². The fourth-order valence-electron chi connectivity index (χ4n) is 3.54. The maximum atomic E-state index is 13.0. The lowest BCUT2D eigenvalue weighted by Crippen LogP contribution is -2.28. The van der Waals surface area contributed by atoms with E-state index < -0.39 is 0 Å². The number of likely N-dealkylation sites (tertiary alicyclic amines) is 1. The van der Waals surface area contributed by atoms with Gasteiger partial charge in [0.1, 0.15) is 0 Å². The maximum Gasteiger partial charge on any atom is 0.257 e. The van der Waals surface area contributed by atoms with Crippen molar-refractivity contribution in [3.63, 3.8) is 0 Å². The van der Waals surface area contributed by atoms with Gasteiger partial charge in [0.05, 0.1) is 22.6 Å². The number of para-hydroxylation sites is 1. The number of amides is 1. The van der Waals surface area contributed by atoms with Gasteiger partial charge < -0.3 is 4.90 Å². The van der Waals surface area contributed by atoms with Crippen LogP contribution in [0.2, 0.25) is 0 Å². The normalized spacial score (nSPS) is 17.7. The van der Waals surface area contributed by atoms with Crippen LogP contribution in [0.1, 0.15) is 58.9 Å². The maximum absolute atomic E-state index is 13.0. The SMILES string of the molecule is Cc1ccccc1-n1nc(C2CC2)c(C(=O)N2CCCC2)c1C. The van der Waals surface area contributed by atoms with E-state index in [0.29, 0.717) is 5.92 Å². The van der Waals surface area contributed by atoms with Crippen molar-refractivity contribution in [2.75, 3.05) is 13.1 Å². The summed E-state index contributed by atoms with van der Waals surface area (Å²) >= 11 is 0. The molecule has 1 amide bonds. The van der Waals surface area contributed by atoms with E-state index in [1.807, 2.05) is 28.6 Å². The number of carbonyl (C=O) groups is 1. The quantitative estimate of drug-likeness (QED) is 0.869. The summed E-state index contributed by atoms with van der Waals surface area (Å²) in [5, 5.41) is 4.86. The number of hydrogen-bond donors (Lipinski definition) is 0. The van der Waals surface area contributed by atoms with Crippen molar-refractivity contribution in [3.05, 3.63) is 46.8 Å². The zero-order valence-corrected chi connectivity index (χ0v) is 13.9. The standard InChI is InChI=1S/C19H23N3O/c1-13-7-3-4-8-16(13)22-14(2)17(18(20-22)15-9-10-15)19(23)21-11-5-6-12-21/h3-4,7-8,15H,5-6,9-12H2,1-2H3. The molecule has 2 heterocycles. The Hall–Kier alpha value is -2.10. The largest absolute Gasteiger partial charge is 0.339 e. The van der Waals surface area contributed by atoms with Crippen LogP contribution >= 0.6 is 0 Å². The molecule has 120 valence electrons. The molecule has 1 aliphatic carbocycles. The molecule has 23 heavy (non-hydrogen) atoms. The predicted molar refractivity (Wildman–Crippen MR) is 90.2 cm³/mol. The summed E-state index contributed by atoms with van der Waals surface area (Å²) in [6.07, 6.45) is 4.56. The molecule has 0 radical (unpaired) electrons. The number of nitrogens with zero attached hydrogens (tertiary/aromatic N) is 3. The first-order valence-corrected chi connectivity index (χ1v) is 8.61. The van der Waals surface area contributed by atoms with Gasteiger partial charge in [-0.1, -0.05) is 18.2 Å². The Balaban J connectivity index is 1.82. The first-order chi connectivity index (χ1) is 11.2. The van der Waals surface area contributed by atoms with E-state index in [9.17, 15) is 4.79 Å². The summed E-state index contributed by atoms with van der Waals surface area (Å²) in [5.74, 6) is 0.655. The van der Waals surface area contributed by atoms with E-state index in [0.717, 1.165) is 61.4 Å². The first-order valence-electron chi connectivity index (χ1n) is 8.61. The predicted octanol–water partition coefficient (Wildman–Crippen LogP) is 3.60. The van der Waals surface area contributed by atoms with Crippen molar-refractivity contribution < 1.29 is 4.79 Å². The monoisotopic (exact) mass is 309 g/mol. The molecule has 1 saturated carbocycles. The molecular weight excluding hydrogens is 286 g/mol. The minimum absolute atomic E-state index is 0.182. The lowest BCUT2D eigenvalue weighted by atomic mass is 10.1. The number of aryl methyl sites for hydroxylation is 1. The first kappa shape index (κ1) is 14.5. The van der Waals surface area contributed by atoms with E-state index in [1.165, 1.54) is 5.56 Å². The summed E-state index contributed by atoms with van der Waals surface area (Å²) in [4.78, 5) is 15.0. The third kappa shape index (κ3) is 2.46. The molecule has 4 heteroatoms. The molecule has 0 spiro atoms. The Labute approximate surface area is 137 Å². The molecular formula is C19H23N3O. The van der Waals surface area contributed by atoms with Gasteiger partial charge >= 0.3 is 0 Å². The third-order valence-electron chi connectivity index (χ3n) is 5.06. The highest BCUT2D eigenvalue weighted by Crippen LogP contribution is 2.42. The highest BCUT2D eigenvalue weighted by molar-refractivity contribution is 5.97. The second-order valence-corrected chi connectivity index (χ2v) is 6.82. The van der Waals surface area contributed by atoms with E-state index in [2.05, 4.69) is 19.1 Å². The van der Waals surface area contributed by atoms with E-state index in [1.54, 1.807) is 0 Å². The van der Waals surface area contributed by atoms with Crippen LogP contribution in [-0.4, -0.2) is 33.7 Å². The molecule has 4 nitrogen and oxygen atoms in total. The van der Waals surface area contributed by atoms with Gasteiger partial charge in [0, 0.05) is 19.0 Å². The molecule has 0 unspecified atom stereocenters. The molecule has 0 N–H and O–H groups in total. The van der Waals surface area contributed by atoms with Gasteiger partial charge in [-0.25, -0.2) is 4.68 Å². The summed E-state index contributed by atoms with van der Waals surface area (Å²) in [7, 11) is 0. The van der Waals surface area contributed by atoms with Crippen LogP contribution in [-0.2, 0) is 0 Å². The summed E-state index contributed by atoms with van der Waals surface area (Å²) < 4.78 is 1.98. The second-order valence-electron chi connectivity index (χ2n) is 6.82. The number of benzene rings is 1. The number of aromatic nitrogens is 2. The van der Waals surface area contributed by atoms with Gasteiger partial charge in [0.25, 0.3) is 5.91 Å². The molecule has 0 atom stereocenters. The van der Waals surface area contributed by atoms with Crippen molar-refractivity contribution in [2.24, 2.45) is 0 Å². The van der Waals surface area contributed by atoms with Gasteiger partial charge in [-0.05, 0) is 51.2 Å². The van der Waals surface area contributed by atoms with E-state index >= 15 is 0 Å². The van der Waals surface area contributed by atoms with Crippen LogP contribution < -0.4 is 0 Å². The minimum atomic E-state index is 0.182. The number of carbonyl (C=O) groups excluding carboxylic acids is 1. The minimum Gasteiger partial charge on any atom is -0.339 e. The zero-order chi connectivity index (χ0) is 16.0. The molecule has 1 aromatic carbocycles. The van der Waals surface area contributed by atoms with E-state index in [4.69, 9.17) is 5.10 Å². The number of hydrogen-bond acceptors (Lipinski definition) is 2. The van der Waals surface area contributed by atoms with Gasteiger partial charge in [-0.2, -0.15) is 5.10 Å². The van der Waals surface area contributed by atoms with Gasteiger partial charge in [0.15, 0.2) is 0 Å². The molecule has 2 aliphatic rings. The van der Waals surface area contributed by atoms with Crippen molar-refractivity contribution in [1.29, 1.82) is 0 Å². The highest BCUT2D eigenvalue weighted by atomic mass is 16.2. The zero-order valence-electron chi connectivity index (χ0n) is 13.9. The fraction of sp³-hybridized carbons (Fsp3) is 0.474. The van der Waals surface area contributed by atoms with Crippen molar-refractivity contribution >= 4 is 5.91 Å². The van der Waals surface area contributed by atoms with Crippen molar-refractivity contribution in [2.45, 2.75) is 45.4 Å². The molecule has 2 aromatic rings. The molecule has 0 bridgehead atoms. The highest BCUT2D eigenvalue weighted by Gasteiger charge is 2.35. The van der Waals surface area contributed by atoms with Crippen molar-refractivity contribution in [3.8, 4) is 5.69 Å². The topological polar surface area (TPSA) is 38.1 Å². The third-order valence-corrected chi connectivity index (χ3v) is 5.06. The molecule has 1 aromatic heterocycles. The van der Waals surface area contributed by atoms with Crippen molar-refractivity contribution in [1.82, 2.24) is 14.7 Å². The van der Waals surface area contributed by atoms with Gasteiger partial charge in [0.2, 0.25) is 0 Å². The average molecular weight is 309 g/mol. The average Bonchev–Trinajstić information content (AvgIpc) is 3.13. The lowest BCUT2D eigenvalue weighted by molar-refractivity contribution is 0.0791. The van der Waals surface area contributed by atoms with Gasteiger partial charge in [-0.15, -0.1) is 0 Å². The lowest BCUT2D eigenvalue weighted by Gasteiger charge is -2.16. The Morgan fingerprint density at radius 2 is 1.83 bits per heavy atom. The second kappa shape index (κ2) is 5.52. The van der Waals surface area contributed by atoms with Crippen LogP contribution in [0.25, 0.3) is 5.69 Å². The molecule has 1 aliphatic heterocycles. The van der Waals surface area contributed by atoms with Crippen LogP contribution in [0.5, 0.6) is 0 Å². The molecule has 4 rings (SSSR count). The Morgan fingerprint density at radius 3 is 2.48 bits per heavy atom. The Kier molecular flexibility index (Phi) is 3.47. The molecule has 1 saturated heterocycles. The summed E-state index contributed by atoms with van der Waals surface area (Å²) in [6, 6.07) is 8.24. The summed E-state index contributed by atoms with van der Waals surface area (Å²) in [6.45, 7) is 5.90. The smallest absolute Gasteiger partial charge is 0.257 e. The Morgan fingerprint density at radius 1 is 1.13 bits per heavy atom. The Bertz CT molecular complexity index is 752. The van der Waals surface area contributed by atoms with Crippen LogP contribution in [0, 0.1) is 13.8 Å². The van der Waals surface area contributed by atoms with Crippen LogP contribution in [0.4, 0.5) is 0 Å². The molecule has 2 fully saturated rings. The van der Waals surface area contributed by atoms with Crippen LogP contribution in [0.3, 0.4) is 0 Å². The fourth-order valence-corrected chi connectivity index (χ4v) is 3.54.